The molecule has 1 unspecified atom stereocenters. The summed E-state index contributed by atoms with van der Waals surface area (Å²) in [6.07, 6.45) is 3.65. The van der Waals surface area contributed by atoms with E-state index in [0.717, 1.165) is 22.6 Å². The van der Waals surface area contributed by atoms with Crippen molar-refractivity contribution in [1.29, 1.82) is 0 Å². The fraction of sp³-hybridized carbons (Fsp3) is 0.238. The first-order valence-corrected chi connectivity index (χ1v) is 9.66. The van der Waals surface area contributed by atoms with Gasteiger partial charge in [0.15, 0.2) is 0 Å². The van der Waals surface area contributed by atoms with Crippen LogP contribution >= 0.6 is 11.6 Å². The summed E-state index contributed by atoms with van der Waals surface area (Å²) in [4.78, 5) is 30.6. The lowest BCUT2D eigenvalue weighted by molar-refractivity contribution is -0.126. The second kappa shape index (κ2) is 8.05. The molecule has 0 aliphatic carbocycles. The fourth-order valence-electron chi connectivity index (χ4n) is 3.48. The summed E-state index contributed by atoms with van der Waals surface area (Å²) in [5.74, 6) is -0.599. The number of rotatable bonds is 5. The first-order valence-electron chi connectivity index (χ1n) is 9.28. The van der Waals surface area contributed by atoms with Gasteiger partial charge in [0.1, 0.15) is 0 Å². The van der Waals surface area contributed by atoms with Crippen LogP contribution in [0.2, 0.25) is 5.02 Å². The molecule has 3 aromatic rings. The van der Waals surface area contributed by atoms with Gasteiger partial charge in [0.2, 0.25) is 11.8 Å². The minimum atomic E-state index is -0.387. The molecule has 7 nitrogen and oxygen atoms in total. The van der Waals surface area contributed by atoms with Crippen LogP contribution in [0, 0.1) is 5.92 Å². The van der Waals surface area contributed by atoms with Gasteiger partial charge >= 0.3 is 0 Å². The normalized spacial score (nSPS) is 16.3. The highest BCUT2D eigenvalue weighted by molar-refractivity contribution is 6.30. The molecule has 1 aliphatic heterocycles. The number of anilines is 1. The molecule has 0 saturated carbocycles. The Morgan fingerprint density at radius 1 is 1.21 bits per heavy atom. The topological polar surface area (TPSA) is 80.1 Å². The van der Waals surface area contributed by atoms with Crippen LogP contribution in [0.1, 0.15) is 12.1 Å². The van der Waals surface area contributed by atoms with Crippen molar-refractivity contribution in [1.82, 2.24) is 20.1 Å². The maximum atomic E-state index is 12.6. The van der Waals surface area contributed by atoms with E-state index >= 15 is 0 Å². The Balaban J connectivity index is 1.38. The van der Waals surface area contributed by atoms with Gasteiger partial charge in [-0.3, -0.25) is 19.3 Å². The minimum Gasteiger partial charge on any atom is -0.350 e. The average molecular weight is 410 g/mol. The molecule has 1 N–H and O–H groups in total. The standard InChI is InChI=1S/C21H20ClN5O2/c1-26-19(14-6-8-23-9-7-14)11-17(25-26)12-24-21(29)15-10-20(28)27(13-15)18-4-2-16(22)3-5-18/h2-9,11,15H,10,12-13H2,1H3,(H,24,29). The van der Waals surface area contributed by atoms with E-state index in [1.54, 1.807) is 46.2 Å². The van der Waals surface area contributed by atoms with E-state index in [-0.39, 0.29) is 24.2 Å². The molecule has 2 aromatic heterocycles. The maximum Gasteiger partial charge on any atom is 0.227 e. The van der Waals surface area contributed by atoms with Gasteiger partial charge in [-0.2, -0.15) is 5.10 Å². The zero-order valence-corrected chi connectivity index (χ0v) is 16.6. The molecule has 1 saturated heterocycles. The van der Waals surface area contributed by atoms with Crippen molar-refractivity contribution in [3.63, 3.8) is 0 Å². The van der Waals surface area contributed by atoms with Crippen molar-refractivity contribution in [2.75, 3.05) is 11.4 Å². The van der Waals surface area contributed by atoms with Crippen molar-refractivity contribution >= 4 is 29.1 Å². The lowest BCUT2D eigenvalue weighted by Gasteiger charge is -2.16. The van der Waals surface area contributed by atoms with Gasteiger partial charge in [-0.25, -0.2) is 0 Å². The second-order valence-electron chi connectivity index (χ2n) is 6.98. The average Bonchev–Trinajstić information content (AvgIpc) is 3.30. The predicted molar refractivity (Wildman–Crippen MR) is 110 cm³/mol. The number of aryl methyl sites for hydroxylation is 1. The van der Waals surface area contributed by atoms with E-state index < -0.39 is 0 Å². The van der Waals surface area contributed by atoms with Crippen molar-refractivity contribution in [3.8, 4) is 11.3 Å². The molecule has 8 heteroatoms. The van der Waals surface area contributed by atoms with Crippen LogP contribution in [0.3, 0.4) is 0 Å². The number of aromatic nitrogens is 3. The Labute approximate surface area is 173 Å². The van der Waals surface area contributed by atoms with Crippen molar-refractivity contribution in [3.05, 3.63) is 65.6 Å². The molecule has 4 rings (SSSR count). The smallest absolute Gasteiger partial charge is 0.227 e. The van der Waals surface area contributed by atoms with Crippen molar-refractivity contribution in [2.45, 2.75) is 13.0 Å². The first kappa shape index (κ1) is 19.1. The molecule has 0 bridgehead atoms. The number of nitrogens with one attached hydrogen (secondary N) is 1. The highest BCUT2D eigenvalue weighted by Crippen LogP contribution is 2.26. The molecule has 0 spiro atoms. The Kier molecular flexibility index (Phi) is 5.31. The summed E-state index contributed by atoms with van der Waals surface area (Å²) in [5.41, 5.74) is 3.46. The summed E-state index contributed by atoms with van der Waals surface area (Å²) >= 11 is 5.91. The predicted octanol–water partition coefficient (Wildman–Crippen LogP) is 2.80. The number of nitrogens with zero attached hydrogens (tertiary/aromatic N) is 4. The number of carbonyl (C=O) groups excluding carboxylic acids is 2. The fourth-order valence-corrected chi connectivity index (χ4v) is 3.61. The number of hydrogen-bond acceptors (Lipinski definition) is 4. The molecule has 1 fully saturated rings. The van der Waals surface area contributed by atoms with Gasteiger partial charge in [0.05, 0.1) is 23.9 Å². The molecule has 1 aliphatic rings. The number of pyridine rings is 1. The van der Waals surface area contributed by atoms with Gasteiger partial charge < -0.3 is 10.2 Å². The molecule has 1 aromatic carbocycles. The van der Waals surface area contributed by atoms with E-state index in [4.69, 9.17) is 11.6 Å². The molecule has 29 heavy (non-hydrogen) atoms. The first-order chi connectivity index (χ1) is 14.0. The number of hydrogen-bond donors (Lipinski definition) is 1. The van der Waals surface area contributed by atoms with Gasteiger partial charge in [-0.15, -0.1) is 0 Å². The second-order valence-corrected chi connectivity index (χ2v) is 7.42. The van der Waals surface area contributed by atoms with Crippen molar-refractivity contribution < 1.29 is 9.59 Å². The SMILES string of the molecule is Cn1nc(CNC(=O)C2CC(=O)N(c3ccc(Cl)cc3)C2)cc1-c1ccncc1. The van der Waals surface area contributed by atoms with Crippen LogP contribution in [-0.2, 0) is 23.2 Å². The zero-order valence-electron chi connectivity index (χ0n) is 15.9. The summed E-state index contributed by atoms with van der Waals surface area (Å²) in [5, 5.41) is 7.98. The molecular formula is C21H20ClN5O2. The van der Waals surface area contributed by atoms with Gasteiger partial charge in [-0.1, -0.05) is 11.6 Å². The quantitative estimate of drug-likeness (QED) is 0.702. The minimum absolute atomic E-state index is 0.0646. The van der Waals surface area contributed by atoms with E-state index in [1.165, 1.54) is 0 Å². The van der Waals surface area contributed by atoms with Crippen LogP contribution < -0.4 is 10.2 Å². The summed E-state index contributed by atoms with van der Waals surface area (Å²) in [6, 6.07) is 12.8. The number of carbonyl (C=O) groups is 2. The number of amides is 2. The van der Waals surface area contributed by atoms with Crippen LogP contribution in [0.4, 0.5) is 5.69 Å². The van der Waals surface area contributed by atoms with E-state index in [9.17, 15) is 9.59 Å². The van der Waals surface area contributed by atoms with Gasteiger partial charge in [0.25, 0.3) is 0 Å². The number of benzene rings is 1. The third-order valence-corrected chi connectivity index (χ3v) is 5.24. The van der Waals surface area contributed by atoms with Gasteiger partial charge in [-0.05, 0) is 42.5 Å². The summed E-state index contributed by atoms with van der Waals surface area (Å²) in [7, 11) is 1.86. The highest BCUT2D eigenvalue weighted by Gasteiger charge is 2.35. The number of halogens is 1. The van der Waals surface area contributed by atoms with Gasteiger partial charge in [0, 0.05) is 48.7 Å². The molecule has 2 amide bonds. The largest absolute Gasteiger partial charge is 0.350 e. The Morgan fingerprint density at radius 3 is 2.66 bits per heavy atom. The molecular weight excluding hydrogens is 390 g/mol. The van der Waals surface area contributed by atoms with Crippen LogP contribution in [0.25, 0.3) is 11.3 Å². The van der Waals surface area contributed by atoms with Crippen LogP contribution in [0.5, 0.6) is 0 Å². The van der Waals surface area contributed by atoms with Crippen molar-refractivity contribution in [2.24, 2.45) is 13.0 Å². The van der Waals surface area contributed by atoms with E-state index in [2.05, 4.69) is 15.4 Å². The summed E-state index contributed by atoms with van der Waals surface area (Å²) < 4.78 is 1.78. The van der Waals surface area contributed by atoms with E-state index in [0.29, 0.717) is 18.1 Å². The summed E-state index contributed by atoms with van der Waals surface area (Å²) in [6.45, 7) is 0.667. The molecule has 3 heterocycles. The molecule has 1 atom stereocenters. The third kappa shape index (κ3) is 4.14. The van der Waals surface area contributed by atoms with Crippen LogP contribution in [0.15, 0.2) is 54.9 Å². The highest BCUT2D eigenvalue weighted by atomic mass is 35.5. The van der Waals surface area contributed by atoms with E-state index in [1.807, 2.05) is 25.2 Å². The van der Waals surface area contributed by atoms with Crippen LogP contribution in [-0.4, -0.2) is 33.1 Å². The lowest BCUT2D eigenvalue weighted by atomic mass is 10.1. The zero-order chi connectivity index (χ0) is 20.4. The molecule has 148 valence electrons. The third-order valence-electron chi connectivity index (χ3n) is 4.98. The lowest BCUT2D eigenvalue weighted by Crippen LogP contribution is -2.32. The Bertz CT molecular complexity index is 1030. The monoisotopic (exact) mass is 409 g/mol. The molecule has 0 radical (unpaired) electrons. The maximum absolute atomic E-state index is 12.6. The Hall–Kier alpha value is -3.19. The Morgan fingerprint density at radius 2 is 1.93 bits per heavy atom.